The molecule has 0 saturated heterocycles. The van der Waals surface area contributed by atoms with Crippen LogP contribution in [0.1, 0.15) is 21.5 Å². The number of carbonyl (C=O) groups excluding carboxylic acids is 1. The van der Waals surface area contributed by atoms with Crippen LogP contribution in [0.15, 0.2) is 36.4 Å². The first-order valence-corrected chi connectivity index (χ1v) is 6.43. The number of benzene rings is 2. The Bertz CT molecular complexity index is 638. The van der Waals surface area contributed by atoms with E-state index >= 15 is 0 Å². The van der Waals surface area contributed by atoms with Crippen LogP contribution >= 0.6 is 11.6 Å². The van der Waals surface area contributed by atoms with Crippen LogP contribution < -0.4 is 11.1 Å². The Morgan fingerprint density at radius 1 is 1.30 bits per heavy atom. The van der Waals surface area contributed by atoms with E-state index in [9.17, 15) is 9.18 Å². The summed E-state index contributed by atoms with van der Waals surface area (Å²) in [4.78, 5) is 12.0. The van der Waals surface area contributed by atoms with Gasteiger partial charge in [0.2, 0.25) is 0 Å². The maximum Gasteiger partial charge on any atom is 0.251 e. The van der Waals surface area contributed by atoms with E-state index in [2.05, 4.69) is 5.32 Å². The maximum atomic E-state index is 13.4. The van der Waals surface area contributed by atoms with Crippen molar-refractivity contribution in [3.63, 3.8) is 0 Å². The summed E-state index contributed by atoms with van der Waals surface area (Å²) in [5.41, 5.74) is 7.69. The van der Waals surface area contributed by atoms with Gasteiger partial charge in [-0.3, -0.25) is 4.79 Å². The molecule has 3 N–H and O–H groups in total. The van der Waals surface area contributed by atoms with Gasteiger partial charge in [-0.1, -0.05) is 23.7 Å². The van der Waals surface area contributed by atoms with Crippen molar-refractivity contribution in [3.05, 3.63) is 63.9 Å². The second-order valence-electron chi connectivity index (χ2n) is 4.54. The van der Waals surface area contributed by atoms with Gasteiger partial charge in [-0.2, -0.15) is 0 Å². The van der Waals surface area contributed by atoms with Crippen LogP contribution in [-0.2, 0) is 6.54 Å². The number of rotatable bonds is 3. The number of amides is 1. The second kappa shape index (κ2) is 5.92. The summed E-state index contributed by atoms with van der Waals surface area (Å²) >= 11 is 5.84. The Balaban J connectivity index is 2.06. The molecular formula is C15H14ClFN2O. The highest BCUT2D eigenvalue weighted by molar-refractivity contribution is 6.31. The standard InChI is InChI=1S/C15H14ClFN2O/c1-9-2-3-10(4-14(9)17)8-19-15(20)11-5-12(16)7-13(18)6-11/h2-7H,8,18H2,1H3,(H,19,20). The van der Waals surface area contributed by atoms with E-state index in [4.69, 9.17) is 17.3 Å². The van der Waals surface area contributed by atoms with E-state index in [1.807, 2.05) is 0 Å². The molecule has 0 radical (unpaired) electrons. The first-order valence-electron chi connectivity index (χ1n) is 6.05. The summed E-state index contributed by atoms with van der Waals surface area (Å²) in [6.45, 7) is 1.93. The SMILES string of the molecule is Cc1ccc(CNC(=O)c2cc(N)cc(Cl)c2)cc1F. The van der Waals surface area contributed by atoms with Gasteiger partial charge < -0.3 is 11.1 Å². The maximum absolute atomic E-state index is 13.4. The van der Waals surface area contributed by atoms with E-state index in [0.29, 0.717) is 27.4 Å². The van der Waals surface area contributed by atoms with Crippen molar-refractivity contribution in [2.24, 2.45) is 0 Å². The molecule has 0 aromatic heterocycles. The average Bonchev–Trinajstić information content (AvgIpc) is 2.38. The lowest BCUT2D eigenvalue weighted by molar-refractivity contribution is 0.0951. The van der Waals surface area contributed by atoms with Gasteiger partial charge in [0.1, 0.15) is 5.82 Å². The van der Waals surface area contributed by atoms with Crippen LogP contribution in [0.4, 0.5) is 10.1 Å². The molecule has 2 aromatic carbocycles. The highest BCUT2D eigenvalue weighted by Crippen LogP contribution is 2.16. The molecule has 0 spiro atoms. The lowest BCUT2D eigenvalue weighted by atomic mass is 10.1. The van der Waals surface area contributed by atoms with Crippen molar-refractivity contribution < 1.29 is 9.18 Å². The average molecular weight is 293 g/mol. The summed E-state index contributed by atoms with van der Waals surface area (Å²) in [5.74, 6) is -0.594. The van der Waals surface area contributed by atoms with Crippen LogP contribution in [0, 0.1) is 12.7 Å². The molecule has 0 aliphatic carbocycles. The topological polar surface area (TPSA) is 55.1 Å². The van der Waals surface area contributed by atoms with Gasteiger partial charge in [0, 0.05) is 22.8 Å². The Morgan fingerprint density at radius 3 is 2.70 bits per heavy atom. The van der Waals surface area contributed by atoms with Gasteiger partial charge in [0.25, 0.3) is 5.91 Å². The number of anilines is 1. The molecule has 5 heteroatoms. The molecule has 0 atom stereocenters. The minimum Gasteiger partial charge on any atom is -0.399 e. The molecule has 20 heavy (non-hydrogen) atoms. The molecule has 2 rings (SSSR count). The first kappa shape index (κ1) is 14.3. The van der Waals surface area contributed by atoms with Crippen LogP contribution in [0.25, 0.3) is 0 Å². The zero-order valence-electron chi connectivity index (χ0n) is 10.9. The molecule has 2 aromatic rings. The third kappa shape index (κ3) is 3.48. The van der Waals surface area contributed by atoms with Crippen molar-refractivity contribution in [3.8, 4) is 0 Å². The van der Waals surface area contributed by atoms with E-state index in [0.717, 1.165) is 0 Å². The van der Waals surface area contributed by atoms with Gasteiger partial charge in [-0.25, -0.2) is 4.39 Å². The van der Waals surface area contributed by atoms with E-state index in [1.54, 1.807) is 25.1 Å². The zero-order chi connectivity index (χ0) is 14.7. The summed E-state index contributed by atoms with van der Waals surface area (Å²) in [5, 5.41) is 3.10. The number of nitrogens with two attached hydrogens (primary N) is 1. The van der Waals surface area contributed by atoms with Gasteiger partial charge in [-0.05, 0) is 42.3 Å². The minimum atomic E-state index is -0.305. The normalized spacial score (nSPS) is 10.3. The monoisotopic (exact) mass is 292 g/mol. The summed E-state index contributed by atoms with van der Waals surface area (Å²) < 4.78 is 13.4. The fourth-order valence-corrected chi connectivity index (χ4v) is 2.02. The molecule has 0 unspecified atom stereocenters. The number of nitrogen functional groups attached to an aromatic ring is 1. The Hall–Kier alpha value is -2.07. The van der Waals surface area contributed by atoms with Crippen molar-refractivity contribution >= 4 is 23.2 Å². The molecule has 0 heterocycles. The summed E-state index contributed by atoms with van der Waals surface area (Å²) in [6.07, 6.45) is 0. The molecule has 0 aliphatic heterocycles. The molecular weight excluding hydrogens is 279 g/mol. The Morgan fingerprint density at radius 2 is 2.05 bits per heavy atom. The highest BCUT2D eigenvalue weighted by atomic mass is 35.5. The minimum absolute atomic E-state index is 0.239. The van der Waals surface area contributed by atoms with E-state index in [1.165, 1.54) is 18.2 Å². The Labute approximate surface area is 121 Å². The third-order valence-electron chi connectivity index (χ3n) is 2.87. The van der Waals surface area contributed by atoms with Crippen molar-refractivity contribution in [1.29, 1.82) is 0 Å². The number of halogens is 2. The van der Waals surface area contributed by atoms with Crippen molar-refractivity contribution in [2.45, 2.75) is 13.5 Å². The number of hydrogen-bond donors (Lipinski definition) is 2. The van der Waals surface area contributed by atoms with Crippen LogP contribution in [0.5, 0.6) is 0 Å². The van der Waals surface area contributed by atoms with Gasteiger partial charge >= 0.3 is 0 Å². The predicted molar refractivity (Wildman–Crippen MR) is 78.2 cm³/mol. The van der Waals surface area contributed by atoms with Crippen LogP contribution in [-0.4, -0.2) is 5.91 Å². The van der Waals surface area contributed by atoms with Crippen molar-refractivity contribution in [2.75, 3.05) is 5.73 Å². The number of nitrogens with one attached hydrogen (secondary N) is 1. The predicted octanol–water partition coefficient (Wildman–Crippen LogP) is 3.30. The van der Waals surface area contributed by atoms with E-state index < -0.39 is 0 Å². The molecule has 0 aliphatic rings. The summed E-state index contributed by atoms with van der Waals surface area (Å²) in [7, 11) is 0. The largest absolute Gasteiger partial charge is 0.399 e. The van der Waals surface area contributed by atoms with Crippen molar-refractivity contribution in [1.82, 2.24) is 5.32 Å². The first-order chi connectivity index (χ1) is 9.45. The highest BCUT2D eigenvalue weighted by Gasteiger charge is 2.08. The quantitative estimate of drug-likeness (QED) is 0.853. The number of aryl methyl sites for hydroxylation is 1. The van der Waals surface area contributed by atoms with Gasteiger partial charge in [0.05, 0.1) is 0 Å². The fourth-order valence-electron chi connectivity index (χ4n) is 1.77. The molecule has 0 fully saturated rings. The Kier molecular flexibility index (Phi) is 4.25. The van der Waals surface area contributed by atoms with Gasteiger partial charge in [-0.15, -0.1) is 0 Å². The van der Waals surface area contributed by atoms with Crippen LogP contribution in [0.3, 0.4) is 0 Å². The van der Waals surface area contributed by atoms with Crippen LogP contribution in [0.2, 0.25) is 5.02 Å². The third-order valence-corrected chi connectivity index (χ3v) is 3.09. The second-order valence-corrected chi connectivity index (χ2v) is 4.98. The molecule has 3 nitrogen and oxygen atoms in total. The van der Waals surface area contributed by atoms with E-state index in [-0.39, 0.29) is 18.3 Å². The summed E-state index contributed by atoms with van der Waals surface area (Å²) in [6, 6.07) is 9.48. The smallest absolute Gasteiger partial charge is 0.251 e. The molecule has 104 valence electrons. The molecule has 1 amide bonds. The molecule has 0 bridgehead atoms. The lowest BCUT2D eigenvalue weighted by Gasteiger charge is -2.07. The lowest BCUT2D eigenvalue weighted by Crippen LogP contribution is -2.23. The zero-order valence-corrected chi connectivity index (χ0v) is 11.7. The number of hydrogen-bond acceptors (Lipinski definition) is 2. The van der Waals surface area contributed by atoms with Gasteiger partial charge in [0.15, 0.2) is 0 Å². The number of carbonyl (C=O) groups is 1. The fraction of sp³-hybridized carbons (Fsp3) is 0.133. The molecule has 0 saturated carbocycles.